The summed E-state index contributed by atoms with van der Waals surface area (Å²) >= 11 is 0. The molecule has 98 valence electrons. The van der Waals surface area contributed by atoms with Gasteiger partial charge in [0.05, 0.1) is 12.6 Å². The molecular formula is C15H22N2O. The number of hydrogen-bond donors (Lipinski definition) is 2. The van der Waals surface area contributed by atoms with Crippen LogP contribution in [0.25, 0.3) is 0 Å². The minimum atomic E-state index is 0.0769. The molecule has 0 amide bonds. The van der Waals surface area contributed by atoms with Crippen LogP contribution in [0.5, 0.6) is 5.75 Å². The normalized spacial score (nSPS) is 17.1. The average Bonchev–Trinajstić information content (AvgIpc) is 2.43. The lowest BCUT2D eigenvalue weighted by molar-refractivity contribution is 0.333. The lowest BCUT2D eigenvalue weighted by atomic mass is 9.90. The smallest absolute Gasteiger partial charge is 0.124 e. The van der Waals surface area contributed by atoms with Crippen LogP contribution in [0, 0.1) is 0 Å². The van der Waals surface area contributed by atoms with Crippen LogP contribution in [-0.4, -0.2) is 6.61 Å². The van der Waals surface area contributed by atoms with Crippen LogP contribution in [0.1, 0.15) is 44.2 Å². The first-order valence-corrected chi connectivity index (χ1v) is 6.73. The molecular weight excluding hydrogens is 224 g/mol. The number of allylic oxidation sites excluding steroid dienone is 1. The Kier molecular flexibility index (Phi) is 4.79. The van der Waals surface area contributed by atoms with Gasteiger partial charge in [0, 0.05) is 5.56 Å². The standard InChI is InChI=1S/C15H22N2O/c1-2-18-14-11-7-6-10-13(14)15(17-16)12-8-4-3-5-9-12/h6-8,10-11,15,17H,2-5,9,16H2,1H3. The number of rotatable bonds is 5. The summed E-state index contributed by atoms with van der Waals surface area (Å²) in [7, 11) is 0. The zero-order valence-corrected chi connectivity index (χ0v) is 11.0. The Labute approximate surface area is 109 Å². The largest absolute Gasteiger partial charge is 0.494 e. The third-order valence-electron chi connectivity index (χ3n) is 3.39. The van der Waals surface area contributed by atoms with E-state index in [4.69, 9.17) is 10.6 Å². The van der Waals surface area contributed by atoms with E-state index in [1.165, 1.54) is 18.4 Å². The van der Waals surface area contributed by atoms with Crippen molar-refractivity contribution in [2.24, 2.45) is 5.84 Å². The van der Waals surface area contributed by atoms with Crippen molar-refractivity contribution in [1.82, 2.24) is 5.43 Å². The van der Waals surface area contributed by atoms with Gasteiger partial charge in [-0.15, -0.1) is 0 Å². The van der Waals surface area contributed by atoms with Crippen LogP contribution in [0.4, 0.5) is 0 Å². The molecule has 1 atom stereocenters. The topological polar surface area (TPSA) is 47.3 Å². The molecule has 3 nitrogen and oxygen atoms in total. The molecule has 0 spiro atoms. The van der Waals surface area contributed by atoms with Gasteiger partial charge in [0.15, 0.2) is 0 Å². The molecule has 3 heteroatoms. The van der Waals surface area contributed by atoms with E-state index >= 15 is 0 Å². The highest BCUT2D eigenvalue weighted by Crippen LogP contribution is 2.33. The van der Waals surface area contributed by atoms with Crippen molar-refractivity contribution in [2.45, 2.75) is 38.6 Å². The quantitative estimate of drug-likeness (QED) is 0.477. The van der Waals surface area contributed by atoms with Crippen LogP contribution in [0.3, 0.4) is 0 Å². The number of benzene rings is 1. The Bertz CT molecular complexity index is 415. The van der Waals surface area contributed by atoms with Crippen molar-refractivity contribution in [2.75, 3.05) is 6.61 Å². The molecule has 0 aromatic heterocycles. The average molecular weight is 246 g/mol. The number of para-hydroxylation sites is 1. The van der Waals surface area contributed by atoms with Gasteiger partial charge in [-0.05, 0) is 38.7 Å². The Hall–Kier alpha value is -1.32. The number of nitrogens with one attached hydrogen (secondary N) is 1. The second-order valence-electron chi connectivity index (χ2n) is 4.60. The van der Waals surface area contributed by atoms with E-state index in [1.807, 2.05) is 25.1 Å². The summed E-state index contributed by atoms with van der Waals surface area (Å²) in [6.45, 7) is 2.68. The van der Waals surface area contributed by atoms with Gasteiger partial charge in [-0.3, -0.25) is 5.84 Å². The third kappa shape index (κ3) is 2.92. The predicted molar refractivity (Wildman–Crippen MR) is 74.2 cm³/mol. The van der Waals surface area contributed by atoms with Crippen molar-refractivity contribution in [3.05, 3.63) is 41.5 Å². The van der Waals surface area contributed by atoms with E-state index in [2.05, 4.69) is 17.6 Å². The fraction of sp³-hybridized carbons (Fsp3) is 0.467. The summed E-state index contributed by atoms with van der Waals surface area (Å²) in [4.78, 5) is 0. The van der Waals surface area contributed by atoms with E-state index in [0.717, 1.165) is 24.2 Å². The molecule has 3 N–H and O–H groups in total. The van der Waals surface area contributed by atoms with E-state index < -0.39 is 0 Å². The summed E-state index contributed by atoms with van der Waals surface area (Å²) in [5, 5.41) is 0. The van der Waals surface area contributed by atoms with Gasteiger partial charge >= 0.3 is 0 Å². The molecule has 1 aromatic rings. The number of hydrazine groups is 1. The van der Waals surface area contributed by atoms with Crippen molar-refractivity contribution in [1.29, 1.82) is 0 Å². The Morgan fingerprint density at radius 3 is 2.83 bits per heavy atom. The van der Waals surface area contributed by atoms with Crippen LogP contribution in [0.15, 0.2) is 35.9 Å². The third-order valence-corrected chi connectivity index (χ3v) is 3.39. The maximum absolute atomic E-state index is 5.75. The predicted octanol–water partition coefficient (Wildman–Crippen LogP) is 3.09. The van der Waals surface area contributed by atoms with E-state index in [9.17, 15) is 0 Å². The van der Waals surface area contributed by atoms with Crippen LogP contribution in [0.2, 0.25) is 0 Å². The van der Waals surface area contributed by atoms with Gasteiger partial charge < -0.3 is 4.74 Å². The molecule has 1 aliphatic carbocycles. The van der Waals surface area contributed by atoms with E-state index in [0.29, 0.717) is 6.61 Å². The fourth-order valence-electron chi connectivity index (χ4n) is 2.53. The van der Waals surface area contributed by atoms with Gasteiger partial charge in [0.25, 0.3) is 0 Å². The Morgan fingerprint density at radius 2 is 2.17 bits per heavy atom. The minimum Gasteiger partial charge on any atom is -0.494 e. The SMILES string of the molecule is CCOc1ccccc1C(NN)C1=CCCCC1. The van der Waals surface area contributed by atoms with Crippen LogP contribution >= 0.6 is 0 Å². The molecule has 2 rings (SSSR count). The maximum Gasteiger partial charge on any atom is 0.124 e. The fourth-order valence-corrected chi connectivity index (χ4v) is 2.53. The zero-order chi connectivity index (χ0) is 12.8. The van der Waals surface area contributed by atoms with Gasteiger partial charge in [-0.2, -0.15) is 0 Å². The van der Waals surface area contributed by atoms with E-state index in [1.54, 1.807) is 0 Å². The van der Waals surface area contributed by atoms with Crippen LogP contribution in [-0.2, 0) is 0 Å². The van der Waals surface area contributed by atoms with Gasteiger partial charge in [-0.1, -0.05) is 29.8 Å². The van der Waals surface area contributed by atoms with Crippen LogP contribution < -0.4 is 16.0 Å². The molecule has 18 heavy (non-hydrogen) atoms. The molecule has 0 saturated heterocycles. The number of nitrogens with two attached hydrogens (primary N) is 1. The second-order valence-corrected chi connectivity index (χ2v) is 4.60. The van der Waals surface area contributed by atoms with Crippen molar-refractivity contribution in [3.63, 3.8) is 0 Å². The first kappa shape index (κ1) is 13.1. The van der Waals surface area contributed by atoms with Crippen molar-refractivity contribution < 1.29 is 4.74 Å². The Balaban J connectivity index is 2.29. The first-order chi connectivity index (χ1) is 8.86. The van der Waals surface area contributed by atoms with Gasteiger partial charge in [0.2, 0.25) is 0 Å². The minimum absolute atomic E-state index is 0.0769. The molecule has 1 aromatic carbocycles. The molecule has 0 bridgehead atoms. The molecule has 0 aliphatic heterocycles. The van der Waals surface area contributed by atoms with E-state index in [-0.39, 0.29) is 6.04 Å². The molecule has 0 fully saturated rings. The monoisotopic (exact) mass is 246 g/mol. The molecule has 0 heterocycles. The summed E-state index contributed by atoms with van der Waals surface area (Å²) in [6.07, 6.45) is 7.13. The highest BCUT2D eigenvalue weighted by molar-refractivity contribution is 5.40. The second kappa shape index (κ2) is 6.57. The maximum atomic E-state index is 5.75. The molecule has 0 saturated carbocycles. The molecule has 1 unspecified atom stereocenters. The number of ether oxygens (including phenoxy) is 1. The molecule has 0 radical (unpaired) electrons. The lowest BCUT2D eigenvalue weighted by Crippen LogP contribution is -2.30. The summed E-state index contributed by atoms with van der Waals surface area (Å²) < 4.78 is 5.69. The van der Waals surface area contributed by atoms with Crippen molar-refractivity contribution in [3.8, 4) is 5.75 Å². The summed E-state index contributed by atoms with van der Waals surface area (Å²) in [5.41, 5.74) is 5.46. The summed E-state index contributed by atoms with van der Waals surface area (Å²) in [5.74, 6) is 6.68. The first-order valence-electron chi connectivity index (χ1n) is 6.73. The van der Waals surface area contributed by atoms with Gasteiger partial charge in [0.1, 0.15) is 5.75 Å². The summed E-state index contributed by atoms with van der Waals surface area (Å²) in [6, 6.07) is 8.20. The lowest BCUT2D eigenvalue weighted by Gasteiger charge is -2.24. The number of hydrogen-bond acceptors (Lipinski definition) is 3. The Morgan fingerprint density at radius 1 is 1.33 bits per heavy atom. The highest BCUT2D eigenvalue weighted by Gasteiger charge is 2.20. The highest BCUT2D eigenvalue weighted by atomic mass is 16.5. The van der Waals surface area contributed by atoms with Gasteiger partial charge in [-0.25, -0.2) is 5.43 Å². The molecule has 1 aliphatic rings. The van der Waals surface area contributed by atoms with Crippen molar-refractivity contribution >= 4 is 0 Å². The zero-order valence-electron chi connectivity index (χ0n) is 11.0.